The van der Waals surface area contributed by atoms with E-state index in [1.165, 1.54) is 0 Å². The van der Waals surface area contributed by atoms with E-state index in [0.717, 1.165) is 16.9 Å². The fourth-order valence-corrected chi connectivity index (χ4v) is 3.57. The molecule has 0 atom stereocenters. The van der Waals surface area contributed by atoms with Crippen LogP contribution in [0.5, 0.6) is 5.75 Å². The number of carbonyl (C=O) groups excluding carboxylic acids is 2. The summed E-state index contributed by atoms with van der Waals surface area (Å²) in [6.45, 7) is 1.37. The Morgan fingerprint density at radius 3 is 2.52 bits per heavy atom. The minimum absolute atomic E-state index is 0.332. The van der Waals surface area contributed by atoms with Gasteiger partial charge in [0.1, 0.15) is 5.75 Å². The molecule has 0 radical (unpaired) electrons. The monoisotopic (exact) mass is 460 g/mol. The number of ether oxygens (including phenoxy) is 2. The van der Waals surface area contributed by atoms with Gasteiger partial charge in [0.2, 0.25) is 0 Å². The molecule has 0 fully saturated rings. The molecule has 4 rings (SSSR count). The summed E-state index contributed by atoms with van der Waals surface area (Å²) in [6.07, 6.45) is 0. The molecule has 6 nitrogen and oxygen atoms in total. The number of esters is 1. The fourth-order valence-electron chi connectivity index (χ4n) is 3.39. The molecule has 0 saturated carbocycles. The molecule has 4 aromatic rings. The Morgan fingerprint density at radius 2 is 1.76 bits per heavy atom. The van der Waals surface area contributed by atoms with E-state index in [2.05, 4.69) is 10.3 Å². The van der Waals surface area contributed by atoms with Gasteiger partial charge in [-0.3, -0.25) is 4.79 Å². The third kappa shape index (κ3) is 4.96. The number of anilines is 1. The average Bonchev–Trinajstić information content (AvgIpc) is 2.84. The van der Waals surface area contributed by atoms with Crippen LogP contribution < -0.4 is 10.1 Å². The number of methoxy groups -OCH3 is 1. The number of pyridine rings is 1. The zero-order valence-corrected chi connectivity index (χ0v) is 18.8. The Morgan fingerprint density at radius 1 is 1.00 bits per heavy atom. The highest BCUT2D eigenvalue weighted by Gasteiger charge is 2.17. The van der Waals surface area contributed by atoms with E-state index < -0.39 is 18.5 Å². The predicted molar refractivity (Wildman–Crippen MR) is 129 cm³/mol. The SMILES string of the molecule is COc1ccc(-c2cc(C(=O)OCC(=O)Nc3cccc(Cl)c3C)c3ccccc3n2)cc1. The van der Waals surface area contributed by atoms with Crippen LogP contribution in [0.2, 0.25) is 5.02 Å². The van der Waals surface area contributed by atoms with E-state index in [1.807, 2.05) is 42.5 Å². The van der Waals surface area contributed by atoms with Crippen LogP contribution in [0.3, 0.4) is 0 Å². The molecule has 0 bridgehead atoms. The van der Waals surface area contributed by atoms with Gasteiger partial charge in [0, 0.05) is 21.7 Å². The molecule has 0 aliphatic heterocycles. The zero-order chi connectivity index (χ0) is 23.4. The molecule has 0 aliphatic carbocycles. The first kappa shape index (κ1) is 22.3. The highest BCUT2D eigenvalue weighted by molar-refractivity contribution is 6.31. The first-order valence-electron chi connectivity index (χ1n) is 10.2. The molecule has 1 N–H and O–H groups in total. The third-order valence-corrected chi connectivity index (χ3v) is 5.61. The maximum atomic E-state index is 12.9. The summed E-state index contributed by atoms with van der Waals surface area (Å²) in [6, 6.07) is 21.6. The van der Waals surface area contributed by atoms with Gasteiger partial charge in [-0.25, -0.2) is 9.78 Å². The Hall–Kier alpha value is -3.90. The Labute approximate surface area is 196 Å². The molecule has 0 spiro atoms. The third-order valence-electron chi connectivity index (χ3n) is 5.20. The molecular weight excluding hydrogens is 440 g/mol. The summed E-state index contributed by atoms with van der Waals surface area (Å²) in [5.74, 6) is -0.344. The van der Waals surface area contributed by atoms with Crippen LogP contribution in [0.1, 0.15) is 15.9 Å². The zero-order valence-electron chi connectivity index (χ0n) is 18.1. The second-order valence-electron chi connectivity index (χ2n) is 7.34. The van der Waals surface area contributed by atoms with Crippen molar-refractivity contribution >= 4 is 40.1 Å². The van der Waals surface area contributed by atoms with Crippen molar-refractivity contribution in [2.45, 2.75) is 6.92 Å². The van der Waals surface area contributed by atoms with Gasteiger partial charge in [-0.15, -0.1) is 0 Å². The van der Waals surface area contributed by atoms with Gasteiger partial charge in [-0.1, -0.05) is 35.9 Å². The quantitative estimate of drug-likeness (QED) is 0.375. The number of para-hydroxylation sites is 1. The lowest BCUT2D eigenvalue weighted by atomic mass is 10.0. The minimum atomic E-state index is -0.610. The highest BCUT2D eigenvalue weighted by Crippen LogP contribution is 2.27. The van der Waals surface area contributed by atoms with Crippen molar-refractivity contribution in [1.29, 1.82) is 0 Å². The number of halogens is 1. The normalized spacial score (nSPS) is 10.6. The summed E-state index contributed by atoms with van der Waals surface area (Å²) in [5.41, 5.74) is 3.73. The first-order chi connectivity index (χ1) is 16.0. The van der Waals surface area contributed by atoms with Crippen LogP contribution in [-0.2, 0) is 9.53 Å². The van der Waals surface area contributed by atoms with Gasteiger partial charge in [0.25, 0.3) is 5.91 Å². The highest BCUT2D eigenvalue weighted by atomic mass is 35.5. The lowest BCUT2D eigenvalue weighted by Crippen LogP contribution is -2.21. The maximum absolute atomic E-state index is 12.9. The van der Waals surface area contributed by atoms with Gasteiger partial charge >= 0.3 is 5.97 Å². The molecule has 0 saturated heterocycles. The van der Waals surface area contributed by atoms with Crippen molar-refractivity contribution in [2.24, 2.45) is 0 Å². The number of aromatic nitrogens is 1. The molecule has 0 unspecified atom stereocenters. The number of nitrogens with zero attached hydrogens (tertiary/aromatic N) is 1. The predicted octanol–water partition coefficient (Wildman–Crippen LogP) is 5.67. The summed E-state index contributed by atoms with van der Waals surface area (Å²) in [7, 11) is 1.60. The Kier molecular flexibility index (Phi) is 6.56. The maximum Gasteiger partial charge on any atom is 0.339 e. The smallest absolute Gasteiger partial charge is 0.339 e. The van der Waals surface area contributed by atoms with E-state index in [9.17, 15) is 9.59 Å². The molecule has 7 heteroatoms. The lowest BCUT2D eigenvalue weighted by Gasteiger charge is -2.12. The molecule has 166 valence electrons. The van der Waals surface area contributed by atoms with Gasteiger partial charge < -0.3 is 14.8 Å². The van der Waals surface area contributed by atoms with E-state index in [-0.39, 0.29) is 0 Å². The molecule has 33 heavy (non-hydrogen) atoms. The average molecular weight is 461 g/mol. The molecule has 0 aliphatic rings. The van der Waals surface area contributed by atoms with E-state index in [1.54, 1.807) is 44.4 Å². The van der Waals surface area contributed by atoms with Crippen LogP contribution in [-0.4, -0.2) is 30.6 Å². The Balaban J connectivity index is 1.56. The van der Waals surface area contributed by atoms with Crippen molar-refractivity contribution in [3.05, 3.63) is 88.9 Å². The van der Waals surface area contributed by atoms with Crippen molar-refractivity contribution in [3.8, 4) is 17.0 Å². The molecular formula is C26H21ClN2O4. The summed E-state index contributed by atoms with van der Waals surface area (Å²) in [4.78, 5) is 30.0. The number of hydrogen-bond acceptors (Lipinski definition) is 5. The number of nitrogens with one attached hydrogen (secondary N) is 1. The van der Waals surface area contributed by atoms with Crippen LogP contribution >= 0.6 is 11.6 Å². The van der Waals surface area contributed by atoms with Gasteiger partial charge in [0.15, 0.2) is 6.61 Å². The van der Waals surface area contributed by atoms with Gasteiger partial charge in [-0.2, -0.15) is 0 Å². The van der Waals surface area contributed by atoms with Crippen LogP contribution in [0.25, 0.3) is 22.2 Å². The first-order valence-corrected chi connectivity index (χ1v) is 10.6. The standard InChI is InChI=1S/C26H21ClN2O4/c1-16-21(27)7-5-9-22(16)29-25(30)15-33-26(31)20-14-24(17-10-12-18(32-2)13-11-17)28-23-8-4-3-6-19(20)23/h3-14H,15H2,1-2H3,(H,29,30). The largest absolute Gasteiger partial charge is 0.497 e. The fraction of sp³-hybridized carbons (Fsp3) is 0.115. The number of carbonyl (C=O) groups is 2. The van der Waals surface area contributed by atoms with Crippen molar-refractivity contribution in [1.82, 2.24) is 4.98 Å². The lowest BCUT2D eigenvalue weighted by molar-refractivity contribution is -0.119. The number of hydrogen-bond donors (Lipinski definition) is 1. The minimum Gasteiger partial charge on any atom is -0.497 e. The number of rotatable bonds is 6. The summed E-state index contributed by atoms with van der Waals surface area (Å²) >= 11 is 6.09. The Bertz CT molecular complexity index is 1340. The van der Waals surface area contributed by atoms with Crippen molar-refractivity contribution < 1.29 is 19.1 Å². The van der Waals surface area contributed by atoms with E-state index in [0.29, 0.717) is 32.9 Å². The summed E-state index contributed by atoms with van der Waals surface area (Å²) in [5, 5.41) is 3.90. The van der Waals surface area contributed by atoms with Crippen molar-refractivity contribution in [3.63, 3.8) is 0 Å². The van der Waals surface area contributed by atoms with Crippen molar-refractivity contribution in [2.75, 3.05) is 19.0 Å². The van der Waals surface area contributed by atoms with Gasteiger partial charge in [-0.05, 0) is 61.0 Å². The molecule has 3 aromatic carbocycles. The number of amides is 1. The van der Waals surface area contributed by atoms with Crippen LogP contribution in [0, 0.1) is 6.92 Å². The van der Waals surface area contributed by atoms with Gasteiger partial charge in [0.05, 0.1) is 23.9 Å². The van der Waals surface area contributed by atoms with Crippen LogP contribution in [0.15, 0.2) is 72.8 Å². The molecule has 1 amide bonds. The molecule has 1 heterocycles. The van der Waals surface area contributed by atoms with E-state index >= 15 is 0 Å². The number of benzene rings is 3. The van der Waals surface area contributed by atoms with Crippen LogP contribution in [0.4, 0.5) is 5.69 Å². The second kappa shape index (κ2) is 9.71. The number of fused-ring (bicyclic) bond motifs is 1. The molecule has 1 aromatic heterocycles. The topological polar surface area (TPSA) is 77.5 Å². The van der Waals surface area contributed by atoms with E-state index in [4.69, 9.17) is 21.1 Å². The summed E-state index contributed by atoms with van der Waals surface area (Å²) < 4.78 is 10.5. The second-order valence-corrected chi connectivity index (χ2v) is 7.74.